The van der Waals surface area contributed by atoms with Crippen molar-refractivity contribution < 1.29 is 13.5 Å². The van der Waals surface area contributed by atoms with Crippen molar-refractivity contribution in [3.63, 3.8) is 0 Å². The van der Waals surface area contributed by atoms with Gasteiger partial charge in [-0.3, -0.25) is 4.57 Å². The maximum atomic E-state index is 15.0. The van der Waals surface area contributed by atoms with Gasteiger partial charge in [-0.15, -0.1) is 11.8 Å². The molecule has 34 heavy (non-hydrogen) atoms. The molecule has 2 atom stereocenters. The Bertz CT molecular complexity index is 1350. The SMILES string of the molecule is CO[C@@H]1CSc2c(-c3cc(Cl)c(F)cc3F)c(Cl)cc3c(N4CCCC[C@@H]4C)nc(=O)n(c23)C1. The predicted molar refractivity (Wildman–Crippen MR) is 134 cm³/mol. The standard InChI is InChI=1S/C24H23Cl2F2N3O2S/c1-12-5-3-4-6-30(12)23-15-8-17(26)20(14-7-16(25)19(28)9-18(14)27)22-21(15)31(24(32)29-23)10-13(33-2)11-34-22/h7-9,12-13H,3-6,10-11H2,1-2H3/t12-,13-/m0/s1. The van der Waals surface area contributed by atoms with Crippen molar-refractivity contribution in [2.24, 2.45) is 0 Å². The number of hydrogen-bond acceptors (Lipinski definition) is 5. The Morgan fingerprint density at radius 2 is 1.94 bits per heavy atom. The van der Waals surface area contributed by atoms with E-state index in [1.54, 1.807) is 17.7 Å². The molecule has 2 aliphatic rings. The second-order valence-electron chi connectivity index (χ2n) is 8.74. The zero-order valence-electron chi connectivity index (χ0n) is 18.7. The summed E-state index contributed by atoms with van der Waals surface area (Å²) >= 11 is 14.2. The van der Waals surface area contributed by atoms with Crippen LogP contribution in [-0.4, -0.2) is 41.1 Å². The second kappa shape index (κ2) is 9.30. The average molecular weight is 526 g/mol. The van der Waals surface area contributed by atoms with Crippen LogP contribution in [0.3, 0.4) is 0 Å². The molecule has 180 valence electrons. The van der Waals surface area contributed by atoms with Crippen molar-refractivity contribution in [1.82, 2.24) is 9.55 Å². The van der Waals surface area contributed by atoms with Gasteiger partial charge in [0.1, 0.15) is 17.5 Å². The molecular weight excluding hydrogens is 503 g/mol. The number of anilines is 1. The van der Waals surface area contributed by atoms with Gasteiger partial charge in [-0.2, -0.15) is 4.98 Å². The monoisotopic (exact) mass is 525 g/mol. The lowest BCUT2D eigenvalue weighted by Gasteiger charge is -2.35. The minimum Gasteiger partial charge on any atom is -0.379 e. The predicted octanol–water partition coefficient (Wildman–Crippen LogP) is 6.15. The van der Waals surface area contributed by atoms with Gasteiger partial charge in [0.05, 0.1) is 28.2 Å². The molecule has 0 saturated carbocycles. The van der Waals surface area contributed by atoms with Gasteiger partial charge in [0.15, 0.2) is 0 Å². The van der Waals surface area contributed by atoms with Crippen LogP contribution >= 0.6 is 35.0 Å². The number of aromatic nitrogens is 2. The van der Waals surface area contributed by atoms with Crippen molar-refractivity contribution in [2.75, 3.05) is 24.3 Å². The van der Waals surface area contributed by atoms with Gasteiger partial charge < -0.3 is 9.64 Å². The molecule has 1 saturated heterocycles. The van der Waals surface area contributed by atoms with Crippen LogP contribution in [0.2, 0.25) is 10.0 Å². The highest BCUT2D eigenvalue weighted by Gasteiger charge is 2.30. The first-order chi connectivity index (χ1) is 16.3. The van der Waals surface area contributed by atoms with Gasteiger partial charge in [0.25, 0.3) is 0 Å². The van der Waals surface area contributed by atoms with Crippen molar-refractivity contribution in [1.29, 1.82) is 0 Å². The summed E-state index contributed by atoms with van der Waals surface area (Å²) in [6, 6.07) is 3.95. The Hall–Kier alpha value is -1.87. The Kier molecular flexibility index (Phi) is 6.52. The second-order valence-corrected chi connectivity index (χ2v) is 10.6. The third kappa shape index (κ3) is 3.98. The highest BCUT2D eigenvalue weighted by molar-refractivity contribution is 7.99. The molecule has 1 fully saturated rings. The molecule has 0 spiro atoms. The van der Waals surface area contributed by atoms with Crippen LogP contribution in [0.4, 0.5) is 14.6 Å². The number of thioether (sulfide) groups is 1. The van der Waals surface area contributed by atoms with Gasteiger partial charge in [-0.05, 0) is 38.3 Å². The number of nitrogens with zero attached hydrogens (tertiary/aromatic N) is 3. The van der Waals surface area contributed by atoms with E-state index in [0.717, 1.165) is 37.3 Å². The highest BCUT2D eigenvalue weighted by atomic mass is 35.5. The minimum atomic E-state index is -0.847. The number of hydrogen-bond donors (Lipinski definition) is 0. The Morgan fingerprint density at radius 3 is 2.68 bits per heavy atom. The minimum absolute atomic E-state index is 0.0837. The van der Waals surface area contributed by atoms with Crippen molar-refractivity contribution >= 4 is 51.7 Å². The summed E-state index contributed by atoms with van der Waals surface area (Å²) in [6.07, 6.45) is 2.88. The first kappa shape index (κ1) is 23.9. The van der Waals surface area contributed by atoms with Crippen LogP contribution < -0.4 is 10.6 Å². The smallest absolute Gasteiger partial charge is 0.350 e. The number of rotatable bonds is 3. The van der Waals surface area contributed by atoms with E-state index >= 15 is 0 Å². The van der Waals surface area contributed by atoms with Crippen LogP contribution in [0, 0.1) is 11.6 Å². The lowest BCUT2D eigenvalue weighted by molar-refractivity contribution is 0.107. The Labute approximate surface area is 210 Å². The summed E-state index contributed by atoms with van der Waals surface area (Å²) in [7, 11) is 1.59. The highest BCUT2D eigenvalue weighted by Crippen LogP contribution is 2.47. The van der Waals surface area contributed by atoms with E-state index in [4.69, 9.17) is 27.9 Å². The summed E-state index contributed by atoms with van der Waals surface area (Å²) in [5.41, 5.74) is 0.709. The fourth-order valence-electron chi connectivity index (χ4n) is 4.84. The number of halogens is 4. The molecule has 0 aliphatic carbocycles. The summed E-state index contributed by atoms with van der Waals surface area (Å²) in [6.45, 7) is 3.22. The first-order valence-corrected chi connectivity index (χ1v) is 12.9. The fourth-order valence-corrected chi connectivity index (χ4v) is 6.68. The largest absolute Gasteiger partial charge is 0.379 e. The lowest BCUT2D eigenvalue weighted by atomic mass is 10.0. The molecule has 3 heterocycles. The zero-order valence-corrected chi connectivity index (χ0v) is 21.0. The van der Waals surface area contributed by atoms with E-state index in [-0.39, 0.29) is 27.8 Å². The zero-order chi connectivity index (χ0) is 24.1. The van der Waals surface area contributed by atoms with Gasteiger partial charge in [0, 0.05) is 52.9 Å². The van der Waals surface area contributed by atoms with Crippen LogP contribution in [0.5, 0.6) is 0 Å². The van der Waals surface area contributed by atoms with Crippen molar-refractivity contribution in [2.45, 2.75) is 49.8 Å². The molecule has 0 amide bonds. The topological polar surface area (TPSA) is 47.4 Å². The Balaban J connectivity index is 1.86. The van der Waals surface area contributed by atoms with Gasteiger partial charge in [-0.25, -0.2) is 13.6 Å². The molecule has 0 bridgehead atoms. The van der Waals surface area contributed by atoms with Crippen LogP contribution in [0.15, 0.2) is 27.9 Å². The fraction of sp³-hybridized carbons (Fsp3) is 0.417. The maximum Gasteiger partial charge on any atom is 0.350 e. The van der Waals surface area contributed by atoms with E-state index in [0.29, 0.717) is 34.1 Å². The molecule has 0 N–H and O–H groups in total. The molecule has 2 aliphatic heterocycles. The van der Waals surface area contributed by atoms with E-state index in [1.807, 2.05) is 0 Å². The first-order valence-electron chi connectivity index (χ1n) is 11.1. The molecule has 10 heteroatoms. The molecule has 2 aromatic carbocycles. The van der Waals surface area contributed by atoms with Gasteiger partial charge >= 0.3 is 5.69 Å². The average Bonchev–Trinajstić information content (AvgIpc) is 3.00. The third-order valence-corrected chi connectivity index (χ3v) is 8.45. The maximum absolute atomic E-state index is 15.0. The summed E-state index contributed by atoms with van der Waals surface area (Å²) in [5.74, 6) is -0.514. The molecule has 0 unspecified atom stereocenters. The number of ether oxygens (including phenoxy) is 1. The lowest BCUT2D eigenvalue weighted by Crippen LogP contribution is -2.40. The quantitative estimate of drug-likeness (QED) is 0.384. The summed E-state index contributed by atoms with van der Waals surface area (Å²) < 4.78 is 36.1. The van der Waals surface area contributed by atoms with Crippen molar-refractivity contribution in [3.05, 3.63) is 50.4 Å². The third-order valence-electron chi connectivity index (χ3n) is 6.64. The Morgan fingerprint density at radius 1 is 1.15 bits per heavy atom. The van der Waals surface area contributed by atoms with E-state index in [2.05, 4.69) is 16.8 Å². The summed E-state index contributed by atoms with van der Waals surface area (Å²) in [5, 5.41) is 0.809. The van der Waals surface area contributed by atoms with Crippen LogP contribution in [0.25, 0.3) is 22.0 Å². The van der Waals surface area contributed by atoms with E-state index in [9.17, 15) is 13.6 Å². The molecule has 5 rings (SSSR count). The number of piperidine rings is 1. The molecule has 0 radical (unpaired) electrons. The van der Waals surface area contributed by atoms with Gasteiger partial charge in [-0.1, -0.05) is 23.2 Å². The van der Waals surface area contributed by atoms with Crippen LogP contribution in [0.1, 0.15) is 26.2 Å². The van der Waals surface area contributed by atoms with Crippen molar-refractivity contribution in [3.8, 4) is 11.1 Å². The van der Waals surface area contributed by atoms with E-state index < -0.39 is 17.3 Å². The summed E-state index contributed by atoms with van der Waals surface area (Å²) in [4.78, 5) is 20.6. The molecule has 5 nitrogen and oxygen atoms in total. The molecular formula is C24H23Cl2F2N3O2S. The number of methoxy groups -OCH3 is 1. The van der Waals surface area contributed by atoms with Crippen LogP contribution in [-0.2, 0) is 11.3 Å². The van der Waals surface area contributed by atoms with E-state index in [1.165, 1.54) is 17.8 Å². The molecule has 1 aromatic heterocycles. The number of benzene rings is 2. The van der Waals surface area contributed by atoms with Gasteiger partial charge in [0.2, 0.25) is 0 Å². The normalized spacial score (nSPS) is 20.6. The molecule has 3 aromatic rings.